The number of rotatable bonds is 6. The number of ether oxygens (including phenoxy) is 4. The lowest BCUT2D eigenvalue weighted by Gasteiger charge is -2.19. The van der Waals surface area contributed by atoms with Crippen molar-refractivity contribution in [3.63, 3.8) is 0 Å². The van der Waals surface area contributed by atoms with Crippen molar-refractivity contribution in [3.05, 3.63) is 70.3 Å². The SMILES string of the molecule is CN=c1scc(-c2ccc3cc(OC)ccc3c2)n1N=Cc1ccc(OC(=O)OC(C)(C)C)c(OC)c1. The molecule has 0 atom stereocenters. The molecule has 0 aliphatic heterocycles. The predicted octanol–water partition coefficient (Wildman–Crippen LogP) is 6.11. The molecule has 37 heavy (non-hydrogen) atoms. The first-order valence-corrected chi connectivity index (χ1v) is 12.4. The first-order chi connectivity index (χ1) is 17.7. The number of nitrogens with zero attached hydrogens (tertiary/aromatic N) is 3. The molecule has 0 N–H and O–H groups in total. The molecule has 1 heterocycles. The van der Waals surface area contributed by atoms with Gasteiger partial charge in [-0.2, -0.15) is 5.10 Å². The molecule has 4 rings (SSSR count). The van der Waals surface area contributed by atoms with Gasteiger partial charge in [-0.25, -0.2) is 9.47 Å². The van der Waals surface area contributed by atoms with Crippen LogP contribution in [0.4, 0.5) is 4.79 Å². The van der Waals surface area contributed by atoms with Crippen LogP contribution in [0.3, 0.4) is 0 Å². The van der Waals surface area contributed by atoms with Gasteiger partial charge in [-0.1, -0.05) is 18.2 Å². The van der Waals surface area contributed by atoms with Crippen LogP contribution in [0.15, 0.2) is 70.1 Å². The van der Waals surface area contributed by atoms with Gasteiger partial charge in [0.15, 0.2) is 11.5 Å². The molecule has 0 unspecified atom stereocenters. The van der Waals surface area contributed by atoms with E-state index in [2.05, 4.69) is 23.2 Å². The molecular formula is C28H29N3O5S. The van der Waals surface area contributed by atoms with Crippen molar-refractivity contribution >= 4 is 34.5 Å². The smallest absolute Gasteiger partial charge is 0.497 e. The fraction of sp³-hybridized carbons (Fsp3) is 0.250. The quantitative estimate of drug-likeness (QED) is 0.174. The fourth-order valence-electron chi connectivity index (χ4n) is 3.60. The summed E-state index contributed by atoms with van der Waals surface area (Å²) in [5, 5.41) is 8.93. The molecule has 0 radical (unpaired) electrons. The highest BCUT2D eigenvalue weighted by Gasteiger charge is 2.19. The van der Waals surface area contributed by atoms with E-state index in [0.717, 1.165) is 38.1 Å². The first-order valence-electron chi connectivity index (χ1n) is 11.6. The zero-order chi connectivity index (χ0) is 26.6. The lowest BCUT2D eigenvalue weighted by atomic mass is 10.1. The minimum absolute atomic E-state index is 0.259. The summed E-state index contributed by atoms with van der Waals surface area (Å²) in [6, 6.07) is 17.4. The average molecular weight is 520 g/mol. The first kappa shape index (κ1) is 26.0. The highest BCUT2D eigenvalue weighted by atomic mass is 32.1. The summed E-state index contributed by atoms with van der Waals surface area (Å²) in [7, 11) is 4.90. The second-order valence-corrected chi connectivity index (χ2v) is 9.92. The van der Waals surface area contributed by atoms with Crippen LogP contribution >= 0.6 is 11.3 Å². The van der Waals surface area contributed by atoms with Gasteiger partial charge in [-0.3, -0.25) is 4.99 Å². The van der Waals surface area contributed by atoms with Gasteiger partial charge in [0, 0.05) is 18.0 Å². The standard InChI is InChI=1S/C28H29N3O5S/c1-28(2,3)36-27(32)35-24-12-7-18(13-25(24)34-6)16-30-31-23(17-37-26(31)29-4)21-9-8-20-15-22(33-5)11-10-19(20)14-21/h7-17H,1-6H3. The van der Waals surface area contributed by atoms with Gasteiger partial charge in [-0.15, -0.1) is 11.3 Å². The number of carbonyl (C=O) groups is 1. The third-order valence-corrected chi connectivity index (χ3v) is 6.22. The molecule has 0 spiro atoms. The summed E-state index contributed by atoms with van der Waals surface area (Å²) < 4.78 is 23.1. The van der Waals surface area contributed by atoms with Crippen molar-refractivity contribution in [2.24, 2.45) is 10.1 Å². The summed E-state index contributed by atoms with van der Waals surface area (Å²) in [5.41, 5.74) is 2.02. The Balaban J connectivity index is 1.63. The summed E-state index contributed by atoms with van der Waals surface area (Å²) in [5.74, 6) is 1.46. The van der Waals surface area contributed by atoms with Crippen LogP contribution in [0, 0.1) is 0 Å². The van der Waals surface area contributed by atoms with Crippen molar-refractivity contribution < 1.29 is 23.7 Å². The van der Waals surface area contributed by atoms with Crippen molar-refractivity contribution in [3.8, 4) is 28.5 Å². The molecule has 0 saturated heterocycles. The van der Waals surface area contributed by atoms with Gasteiger partial charge in [0.1, 0.15) is 11.4 Å². The van der Waals surface area contributed by atoms with Crippen molar-refractivity contribution in [1.82, 2.24) is 4.68 Å². The summed E-state index contributed by atoms with van der Waals surface area (Å²) in [6.45, 7) is 5.31. The molecule has 0 fully saturated rings. The average Bonchev–Trinajstić information content (AvgIpc) is 3.29. The molecule has 9 heteroatoms. The highest BCUT2D eigenvalue weighted by Crippen LogP contribution is 2.29. The molecule has 3 aromatic carbocycles. The van der Waals surface area contributed by atoms with Crippen molar-refractivity contribution in [2.45, 2.75) is 26.4 Å². The minimum atomic E-state index is -0.797. The number of hydrogen-bond acceptors (Lipinski definition) is 8. The fourth-order valence-corrected chi connectivity index (χ4v) is 4.41. The zero-order valence-corrected chi connectivity index (χ0v) is 22.5. The Morgan fingerprint density at radius 1 is 0.946 bits per heavy atom. The lowest BCUT2D eigenvalue weighted by molar-refractivity contribution is 0.0201. The van der Waals surface area contributed by atoms with Crippen LogP contribution in [0.2, 0.25) is 0 Å². The van der Waals surface area contributed by atoms with Gasteiger partial charge >= 0.3 is 6.16 Å². The minimum Gasteiger partial charge on any atom is -0.497 e. The molecule has 4 aromatic rings. The van der Waals surface area contributed by atoms with Gasteiger partial charge in [0.05, 0.1) is 26.1 Å². The van der Waals surface area contributed by atoms with Crippen molar-refractivity contribution in [2.75, 3.05) is 21.3 Å². The molecule has 0 bridgehead atoms. The maximum absolute atomic E-state index is 12.1. The van der Waals surface area contributed by atoms with E-state index in [1.165, 1.54) is 18.4 Å². The van der Waals surface area contributed by atoms with Crippen molar-refractivity contribution in [1.29, 1.82) is 0 Å². The second kappa shape index (κ2) is 10.9. The number of hydrogen-bond donors (Lipinski definition) is 0. The maximum atomic E-state index is 12.1. The Kier molecular flexibility index (Phi) is 7.63. The van der Waals surface area contributed by atoms with E-state index in [-0.39, 0.29) is 5.75 Å². The Bertz CT molecular complexity index is 1530. The van der Waals surface area contributed by atoms with Gasteiger partial charge in [0.25, 0.3) is 0 Å². The zero-order valence-electron chi connectivity index (χ0n) is 21.6. The predicted molar refractivity (Wildman–Crippen MR) is 146 cm³/mol. The summed E-state index contributed by atoms with van der Waals surface area (Å²) >= 11 is 1.51. The maximum Gasteiger partial charge on any atom is 0.514 e. The molecule has 8 nitrogen and oxygen atoms in total. The Morgan fingerprint density at radius 3 is 2.41 bits per heavy atom. The lowest BCUT2D eigenvalue weighted by Crippen LogP contribution is -2.26. The normalized spacial score (nSPS) is 12.2. The molecule has 0 aliphatic rings. The van der Waals surface area contributed by atoms with E-state index < -0.39 is 11.8 Å². The van der Waals surface area contributed by atoms with Crippen LogP contribution in [0.25, 0.3) is 22.0 Å². The second-order valence-electron chi connectivity index (χ2n) is 9.09. The molecule has 1 aromatic heterocycles. The molecular weight excluding hydrogens is 490 g/mol. The van der Waals surface area contributed by atoms with E-state index in [1.54, 1.807) is 64.0 Å². The van der Waals surface area contributed by atoms with E-state index in [4.69, 9.17) is 24.0 Å². The number of benzene rings is 3. The van der Waals surface area contributed by atoms with Crippen LogP contribution in [0.1, 0.15) is 26.3 Å². The van der Waals surface area contributed by atoms with Crippen LogP contribution in [-0.2, 0) is 4.74 Å². The van der Waals surface area contributed by atoms with Gasteiger partial charge in [-0.05, 0) is 73.5 Å². The van der Waals surface area contributed by atoms with E-state index >= 15 is 0 Å². The Labute approximate surface area is 219 Å². The third kappa shape index (κ3) is 6.18. The van der Waals surface area contributed by atoms with E-state index in [1.807, 2.05) is 23.6 Å². The van der Waals surface area contributed by atoms with Crippen LogP contribution < -0.4 is 19.0 Å². The number of fused-ring (bicyclic) bond motifs is 1. The molecule has 192 valence electrons. The number of thiazole rings is 1. The summed E-state index contributed by atoms with van der Waals surface area (Å²) in [6.07, 6.45) is 0.907. The topological polar surface area (TPSA) is 83.6 Å². The number of carbonyl (C=O) groups excluding carboxylic acids is 1. The van der Waals surface area contributed by atoms with E-state index in [0.29, 0.717) is 5.75 Å². The Hall–Kier alpha value is -4.11. The molecule has 0 amide bonds. The van der Waals surface area contributed by atoms with E-state index in [9.17, 15) is 4.79 Å². The van der Waals surface area contributed by atoms with Crippen LogP contribution in [0.5, 0.6) is 17.2 Å². The highest BCUT2D eigenvalue weighted by molar-refractivity contribution is 7.07. The Morgan fingerprint density at radius 2 is 1.70 bits per heavy atom. The molecule has 0 aliphatic carbocycles. The third-order valence-electron chi connectivity index (χ3n) is 5.31. The molecule has 0 saturated carbocycles. The van der Waals surface area contributed by atoms with Gasteiger partial charge < -0.3 is 18.9 Å². The number of methoxy groups -OCH3 is 2. The monoisotopic (exact) mass is 519 g/mol. The summed E-state index contributed by atoms with van der Waals surface area (Å²) in [4.78, 5) is 17.2. The number of aromatic nitrogens is 1. The largest absolute Gasteiger partial charge is 0.514 e. The van der Waals surface area contributed by atoms with Gasteiger partial charge in [0.2, 0.25) is 4.80 Å². The van der Waals surface area contributed by atoms with Crippen LogP contribution in [-0.4, -0.2) is 43.9 Å².